The maximum Gasteiger partial charge on any atom is 0.322 e. The zero-order valence-electron chi connectivity index (χ0n) is 13.8. The fourth-order valence-corrected chi connectivity index (χ4v) is 2.97. The smallest absolute Gasteiger partial charge is 0.322 e. The number of halogens is 1. The summed E-state index contributed by atoms with van der Waals surface area (Å²) in [6.07, 6.45) is 0.363. The van der Waals surface area contributed by atoms with Crippen molar-refractivity contribution < 1.29 is 19.1 Å². The van der Waals surface area contributed by atoms with Crippen molar-refractivity contribution in [1.29, 1.82) is 0 Å². The van der Waals surface area contributed by atoms with Gasteiger partial charge in [-0.25, -0.2) is 0 Å². The largest absolute Gasteiger partial charge is 0.468 e. The van der Waals surface area contributed by atoms with Crippen molar-refractivity contribution in [3.63, 3.8) is 0 Å². The quantitative estimate of drug-likeness (QED) is 0.812. The summed E-state index contributed by atoms with van der Waals surface area (Å²) in [5.41, 5.74) is 0.375. The van der Waals surface area contributed by atoms with E-state index in [1.165, 1.54) is 7.11 Å². The van der Waals surface area contributed by atoms with E-state index in [1.807, 2.05) is 45.0 Å². The standard InChI is InChI=1S/C17H22BrNO4/c1-17(2,3)23-15(20)12-9-13(16(21)22-4)19-14(12)10-5-7-11(18)8-6-10/h5-8,12-14,19H,9H2,1-4H3/t12-,13-,14-/m1/s1. The van der Waals surface area contributed by atoms with Gasteiger partial charge in [0.1, 0.15) is 11.6 Å². The van der Waals surface area contributed by atoms with Crippen LogP contribution in [0.4, 0.5) is 0 Å². The van der Waals surface area contributed by atoms with Crippen LogP contribution in [0, 0.1) is 5.92 Å². The average molecular weight is 384 g/mol. The van der Waals surface area contributed by atoms with E-state index in [1.54, 1.807) is 0 Å². The van der Waals surface area contributed by atoms with E-state index in [2.05, 4.69) is 21.2 Å². The van der Waals surface area contributed by atoms with Gasteiger partial charge in [0.25, 0.3) is 0 Å². The zero-order chi connectivity index (χ0) is 17.2. The molecule has 1 fully saturated rings. The number of esters is 2. The van der Waals surface area contributed by atoms with Crippen molar-refractivity contribution in [3.05, 3.63) is 34.3 Å². The first-order valence-corrected chi connectivity index (χ1v) is 8.33. The first-order chi connectivity index (χ1) is 10.7. The molecule has 5 nitrogen and oxygen atoms in total. The number of hydrogen-bond acceptors (Lipinski definition) is 5. The molecule has 6 heteroatoms. The number of ether oxygens (including phenoxy) is 2. The van der Waals surface area contributed by atoms with Crippen molar-refractivity contribution in [2.75, 3.05) is 7.11 Å². The molecule has 3 atom stereocenters. The lowest BCUT2D eigenvalue weighted by atomic mass is 9.93. The van der Waals surface area contributed by atoms with Crippen molar-refractivity contribution in [2.24, 2.45) is 5.92 Å². The molecule has 1 N–H and O–H groups in total. The third kappa shape index (κ3) is 4.54. The first-order valence-electron chi connectivity index (χ1n) is 7.53. The van der Waals surface area contributed by atoms with E-state index in [-0.39, 0.29) is 18.0 Å². The lowest BCUT2D eigenvalue weighted by molar-refractivity contribution is -0.160. The Balaban J connectivity index is 2.25. The zero-order valence-corrected chi connectivity index (χ0v) is 15.3. The molecule has 0 saturated carbocycles. The van der Waals surface area contributed by atoms with Crippen LogP contribution in [-0.2, 0) is 19.1 Å². The summed E-state index contributed by atoms with van der Waals surface area (Å²) in [5.74, 6) is -1.10. The molecule has 0 unspecified atom stereocenters. The number of nitrogens with one attached hydrogen (secondary N) is 1. The van der Waals surface area contributed by atoms with Gasteiger partial charge in [-0.3, -0.25) is 14.9 Å². The topological polar surface area (TPSA) is 64.6 Å². The van der Waals surface area contributed by atoms with Crippen LogP contribution in [0.1, 0.15) is 38.8 Å². The van der Waals surface area contributed by atoms with Gasteiger partial charge < -0.3 is 9.47 Å². The monoisotopic (exact) mass is 383 g/mol. The van der Waals surface area contributed by atoms with Crippen molar-refractivity contribution in [2.45, 2.75) is 44.9 Å². The number of carbonyl (C=O) groups is 2. The molecule has 1 saturated heterocycles. The van der Waals surface area contributed by atoms with E-state index in [0.29, 0.717) is 6.42 Å². The molecular weight excluding hydrogens is 362 g/mol. The van der Waals surface area contributed by atoms with Crippen molar-refractivity contribution >= 4 is 27.9 Å². The fraction of sp³-hybridized carbons (Fsp3) is 0.529. The van der Waals surface area contributed by atoms with Crippen LogP contribution in [0.2, 0.25) is 0 Å². The normalized spacial score (nSPS) is 24.3. The molecule has 0 amide bonds. The van der Waals surface area contributed by atoms with Crippen LogP contribution in [0.25, 0.3) is 0 Å². The van der Waals surface area contributed by atoms with E-state index in [0.717, 1.165) is 10.0 Å². The minimum atomic E-state index is -0.565. The molecule has 1 aromatic rings. The van der Waals surface area contributed by atoms with E-state index >= 15 is 0 Å². The maximum absolute atomic E-state index is 12.5. The Hall–Kier alpha value is -1.40. The van der Waals surface area contributed by atoms with Gasteiger partial charge in [0.2, 0.25) is 0 Å². The summed E-state index contributed by atoms with van der Waals surface area (Å²) in [5, 5.41) is 3.20. The van der Waals surface area contributed by atoms with Gasteiger partial charge in [-0.2, -0.15) is 0 Å². The second-order valence-electron chi connectivity index (χ2n) is 6.65. The molecule has 23 heavy (non-hydrogen) atoms. The predicted molar refractivity (Wildman–Crippen MR) is 89.8 cm³/mol. The highest BCUT2D eigenvalue weighted by molar-refractivity contribution is 9.10. The predicted octanol–water partition coefficient (Wildman–Crippen LogP) is 2.98. The van der Waals surface area contributed by atoms with Crippen LogP contribution in [0.15, 0.2) is 28.7 Å². The average Bonchev–Trinajstić information content (AvgIpc) is 2.90. The van der Waals surface area contributed by atoms with Gasteiger partial charge in [0.05, 0.1) is 13.0 Å². The highest BCUT2D eigenvalue weighted by Gasteiger charge is 2.44. The molecule has 1 aliphatic heterocycles. The molecule has 2 rings (SSSR count). The second kappa shape index (κ2) is 7.01. The first kappa shape index (κ1) is 17.9. The third-order valence-corrected chi connectivity index (χ3v) is 4.23. The molecule has 1 aliphatic rings. The summed E-state index contributed by atoms with van der Waals surface area (Å²) in [7, 11) is 1.35. The van der Waals surface area contributed by atoms with Crippen LogP contribution < -0.4 is 5.32 Å². The summed E-state index contributed by atoms with van der Waals surface area (Å²) in [6.45, 7) is 5.50. The van der Waals surface area contributed by atoms with Crippen LogP contribution in [0.5, 0.6) is 0 Å². The van der Waals surface area contributed by atoms with Gasteiger partial charge in [0.15, 0.2) is 0 Å². The van der Waals surface area contributed by atoms with E-state index in [4.69, 9.17) is 9.47 Å². The second-order valence-corrected chi connectivity index (χ2v) is 7.56. The van der Waals surface area contributed by atoms with Crippen LogP contribution >= 0.6 is 15.9 Å². The molecule has 0 aliphatic carbocycles. The van der Waals surface area contributed by atoms with Crippen molar-refractivity contribution in [1.82, 2.24) is 5.32 Å². The summed E-state index contributed by atoms with van der Waals surface area (Å²) >= 11 is 3.40. The molecule has 0 radical (unpaired) electrons. The minimum absolute atomic E-state index is 0.276. The lowest BCUT2D eigenvalue weighted by Gasteiger charge is -2.25. The number of carbonyl (C=O) groups excluding carboxylic acids is 2. The Morgan fingerprint density at radius 1 is 1.17 bits per heavy atom. The van der Waals surface area contributed by atoms with Crippen LogP contribution in [-0.4, -0.2) is 30.7 Å². The highest BCUT2D eigenvalue weighted by atomic mass is 79.9. The molecule has 0 spiro atoms. The summed E-state index contributed by atoms with van der Waals surface area (Å²) in [4.78, 5) is 24.4. The third-order valence-electron chi connectivity index (χ3n) is 3.70. The number of rotatable bonds is 3. The minimum Gasteiger partial charge on any atom is -0.468 e. The fourth-order valence-electron chi connectivity index (χ4n) is 2.71. The van der Waals surface area contributed by atoms with Crippen LogP contribution in [0.3, 0.4) is 0 Å². The van der Waals surface area contributed by atoms with Gasteiger partial charge in [0, 0.05) is 10.5 Å². The Kier molecular flexibility index (Phi) is 5.47. The Labute approximate surface area is 144 Å². The van der Waals surface area contributed by atoms with Gasteiger partial charge in [-0.05, 0) is 44.9 Å². The number of hydrogen-bond donors (Lipinski definition) is 1. The Morgan fingerprint density at radius 2 is 1.78 bits per heavy atom. The molecule has 1 aromatic carbocycles. The molecule has 1 heterocycles. The molecule has 126 valence electrons. The lowest BCUT2D eigenvalue weighted by Crippen LogP contribution is -2.33. The number of methoxy groups -OCH3 is 1. The Morgan fingerprint density at radius 3 is 2.30 bits per heavy atom. The van der Waals surface area contributed by atoms with E-state index in [9.17, 15) is 9.59 Å². The molecule has 0 aromatic heterocycles. The maximum atomic E-state index is 12.5. The van der Waals surface area contributed by atoms with Gasteiger partial charge in [-0.15, -0.1) is 0 Å². The van der Waals surface area contributed by atoms with E-state index < -0.39 is 17.6 Å². The molecular formula is C17H22BrNO4. The highest BCUT2D eigenvalue weighted by Crippen LogP contribution is 2.35. The SMILES string of the molecule is COC(=O)[C@H]1C[C@@H](C(=O)OC(C)(C)C)[C@@H](c2ccc(Br)cc2)N1. The number of benzene rings is 1. The van der Waals surface area contributed by atoms with Gasteiger partial charge >= 0.3 is 11.9 Å². The molecule has 0 bridgehead atoms. The summed E-state index contributed by atoms with van der Waals surface area (Å²) in [6, 6.07) is 6.90. The summed E-state index contributed by atoms with van der Waals surface area (Å²) < 4.78 is 11.3. The van der Waals surface area contributed by atoms with Gasteiger partial charge in [-0.1, -0.05) is 28.1 Å². The van der Waals surface area contributed by atoms with Crippen molar-refractivity contribution in [3.8, 4) is 0 Å². The Bertz CT molecular complexity index is 579.